The van der Waals surface area contributed by atoms with Crippen LogP contribution in [0.25, 0.3) is 0 Å². The van der Waals surface area contributed by atoms with E-state index < -0.39 is 0 Å². The number of aliphatic hydroxyl groups excluding tert-OH is 1. The molecule has 2 heterocycles. The maximum Gasteiger partial charge on any atom is 0.231 e. The van der Waals surface area contributed by atoms with E-state index in [1.165, 1.54) is 18.4 Å². The van der Waals surface area contributed by atoms with Gasteiger partial charge in [-0.1, -0.05) is 6.07 Å². The second kappa shape index (κ2) is 5.80. The molecule has 0 bridgehead atoms. The third kappa shape index (κ3) is 3.01. The minimum Gasteiger partial charge on any atom is -0.454 e. The summed E-state index contributed by atoms with van der Waals surface area (Å²) >= 11 is 0. The van der Waals surface area contributed by atoms with E-state index in [-0.39, 0.29) is 0 Å². The van der Waals surface area contributed by atoms with Gasteiger partial charge < -0.3 is 14.6 Å². The number of nitrogens with zero attached hydrogens (tertiary/aromatic N) is 1. The van der Waals surface area contributed by atoms with Gasteiger partial charge in [-0.3, -0.25) is 4.90 Å². The minimum atomic E-state index is 0.308. The third-order valence-electron chi connectivity index (χ3n) is 3.98. The summed E-state index contributed by atoms with van der Waals surface area (Å²) in [6, 6.07) is 6.19. The van der Waals surface area contributed by atoms with Crippen molar-refractivity contribution in [2.75, 3.05) is 26.5 Å². The maximum absolute atomic E-state index is 9.05. The predicted octanol–water partition coefficient (Wildman–Crippen LogP) is 2.01. The molecule has 0 aromatic heterocycles. The van der Waals surface area contributed by atoms with Gasteiger partial charge in [-0.2, -0.15) is 0 Å². The van der Waals surface area contributed by atoms with E-state index in [0.29, 0.717) is 19.3 Å². The van der Waals surface area contributed by atoms with E-state index >= 15 is 0 Å². The first kappa shape index (κ1) is 12.8. The third-order valence-corrected chi connectivity index (χ3v) is 3.98. The normalized spacial score (nSPS) is 22.7. The van der Waals surface area contributed by atoms with Gasteiger partial charge in [-0.15, -0.1) is 0 Å². The van der Waals surface area contributed by atoms with Gasteiger partial charge in [0, 0.05) is 19.7 Å². The van der Waals surface area contributed by atoms with Crippen LogP contribution in [0.5, 0.6) is 11.5 Å². The van der Waals surface area contributed by atoms with Crippen molar-refractivity contribution in [3.05, 3.63) is 23.8 Å². The van der Waals surface area contributed by atoms with Crippen LogP contribution < -0.4 is 9.47 Å². The number of fused-ring (bicyclic) bond motifs is 1. The molecule has 1 aromatic carbocycles. The Morgan fingerprint density at radius 1 is 1.26 bits per heavy atom. The smallest absolute Gasteiger partial charge is 0.231 e. The summed E-state index contributed by atoms with van der Waals surface area (Å²) in [5.41, 5.74) is 1.27. The summed E-state index contributed by atoms with van der Waals surface area (Å²) in [5, 5.41) is 9.05. The van der Waals surface area contributed by atoms with Crippen molar-refractivity contribution in [2.24, 2.45) is 5.92 Å². The zero-order chi connectivity index (χ0) is 13.1. The molecule has 104 valence electrons. The standard InChI is InChI=1S/C15H21NO3/c17-7-5-12-2-1-6-16(9-12)10-13-3-4-14-15(8-13)19-11-18-14/h3-4,8,12,17H,1-2,5-7,9-11H2. The van der Waals surface area contributed by atoms with Gasteiger partial charge in [0.2, 0.25) is 6.79 Å². The molecule has 0 amide bonds. The lowest BCUT2D eigenvalue weighted by Gasteiger charge is -2.32. The Labute approximate surface area is 113 Å². The van der Waals surface area contributed by atoms with Gasteiger partial charge in [-0.05, 0) is 49.4 Å². The summed E-state index contributed by atoms with van der Waals surface area (Å²) in [7, 11) is 0. The zero-order valence-electron chi connectivity index (χ0n) is 11.2. The van der Waals surface area contributed by atoms with Crippen molar-refractivity contribution in [1.82, 2.24) is 4.90 Å². The van der Waals surface area contributed by atoms with Crippen LogP contribution in [-0.4, -0.2) is 36.5 Å². The second-order valence-electron chi connectivity index (χ2n) is 5.44. The molecule has 19 heavy (non-hydrogen) atoms. The zero-order valence-corrected chi connectivity index (χ0v) is 11.2. The molecule has 0 saturated carbocycles. The fourth-order valence-corrected chi connectivity index (χ4v) is 3.01. The molecule has 0 aliphatic carbocycles. The van der Waals surface area contributed by atoms with Crippen molar-refractivity contribution in [2.45, 2.75) is 25.8 Å². The Hall–Kier alpha value is -1.26. The second-order valence-corrected chi connectivity index (χ2v) is 5.44. The van der Waals surface area contributed by atoms with Crippen LogP contribution in [-0.2, 0) is 6.54 Å². The predicted molar refractivity (Wildman–Crippen MR) is 72.3 cm³/mol. The summed E-state index contributed by atoms with van der Waals surface area (Å²) < 4.78 is 10.7. The van der Waals surface area contributed by atoms with Crippen LogP contribution in [0.4, 0.5) is 0 Å². The van der Waals surface area contributed by atoms with Crippen molar-refractivity contribution in [1.29, 1.82) is 0 Å². The van der Waals surface area contributed by atoms with E-state index in [0.717, 1.165) is 37.6 Å². The molecule has 4 nitrogen and oxygen atoms in total. The molecule has 1 aromatic rings. The summed E-state index contributed by atoms with van der Waals surface area (Å²) in [5.74, 6) is 2.36. The molecule has 2 aliphatic heterocycles. The number of aliphatic hydroxyl groups is 1. The number of ether oxygens (including phenoxy) is 2. The Morgan fingerprint density at radius 3 is 3.05 bits per heavy atom. The quantitative estimate of drug-likeness (QED) is 0.902. The molecule has 1 N–H and O–H groups in total. The van der Waals surface area contributed by atoms with Crippen molar-refractivity contribution in [3.63, 3.8) is 0 Å². The van der Waals surface area contributed by atoms with Crippen LogP contribution in [0.1, 0.15) is 24.8 Å². The molecule has 1 atom stereocenters. The number of hydrogen-bond donors (Lipinski definition) is 1. The Kier molecular flexibility index (Phi) is 3.89. The summed E-state index contributed by atoms with van der Waals surface area (Å²) in [4.78, 5) is 2.47. The highest BCUT2D eigenvalue weighted by atomic mass is 16.7. The Balaban J connectivity index is 1.61. The summed E-state index contributed by atoms with van der Waals surface area (Å²) in [6.07, 6.45) is 3.41. The van der Waals surface area contributed by atoms with E-state index in [9.17, 15) is 0 Å². The number of rotatable bonds is 4. The topological polar surface area (TPSA) is 41.9 Å². The first-order valence-corrected chi connectivity index (χ1v) is 7.07. The molecule has 1 unspecified atom stereocenters. The number of likely N-dealkylation sites (tertiary alicyclic amines) is 1. The van der Waals surface area contributed by atoms with E-state index in [4.69, 9.17) is 14.6 Å². The monoisotopic (exact) mass is 263 g/mol. The lowest BCUT2D eigenvalue weighted by molar-refractivity contribution is 0.142. The Bertz CT molecular complexity index is 433. The molecule has 4 heteroatoms. The number of hydrogen-bond acceptors (Lipinski definition) is 4. The Morgan fingerprint density at radius 2 is 2.16 bits per heavy atom. The molecule has 2 aliphatic rings. The number of piperidine rings is 1. The first-order valence-electron chi connectivity index (χ1n) is 7.07. The average Bonchev–Trinajstić information content (AvgIpc) is 2.87. The van der Waals surface area contributed by atoms with Crippen molar-refractivity contribution >= 4 is 0 Å². The largest absolute Gasteiger partial charge is 0.454 e. The van der Waals surface area contributed by atoms with Gasteiger partial charge in [-0.25, -0.2) is 0 Å². The van der Waals surface area contributed by atoms with Crippen molar-refractivity contribution < 1.29 is 14.6 Å². The average molecular weight is 263 g/mol. The fraction of sp³-hybridized carbons (Fsp3) is 0.600. The highest BCUT2D eigenvalue weighted by molar-refractivity contribution is 5.44. The molecule has 1 fully saturated rings. The lowest BCUT2D eigenvalue weighted by Crippen LogP contribution is -2.35. The highest BCUT2D eigenvalue weighted by Crippen LogP contribution is 2.33. The van der Waals surface area contributed by atoms with E-state index in [1.54, 1.807) is 0 Å². The van der Waals surface area contributed by atoms with Crippen LogP contribution in [0, 0.1) is 5.92 Å². The highest BCUT2D eigenvalue weighted by Gasteiger charge is 2.20. The molecule has 3 rings (SSSR count). The SMILES string of the molecule is OCCC1CCCN(Cc2ccc3c(c2)OCO3)C1. The molecular formula is C15H21NO3. The first-order chi connectivity index (χ1) is 9.35. The van der Waals surface area contributed by atoms with Crippen LogP contribution in [0.3, 0.4) is 0 Å². The van der Waals surface area contributed by atoms with Crippen LogP contribution in [0.15, 0.2) is 18.2 Å². The van der Waals surface area contributed by atoms with Gasteiger partial charge in [0.05, 0.1) is 0 Å². The lowest BCUT2D eigenvalue weighted by atomic mass is 9.95. The number of benzene rings is 1. The summed E-state index contributed by atoms with van der Waals surface area (Å²) in [6.45, 7) is 3.84. The van der Waals surface area contributed by atoms with Crippen LogP contribution in [0.2, 0.25) is 0 Å². The minimum absolute atomic E-state index is 0.308. The van der Waals surface area contributed by atoms with Gasteiger partial charge >= 0.3 is 0 Å². The van der Waals surface area contributed by atoms with Crippen LogP contribution >= 0.6 is 0 Å². The molecule has 1 saturated heterocycles. The van der Waals surface area contributed by atoms with Gasteiger partial charge in [0.15, 0.2) is 11.5 Å². The van der Waals surface area contributed by atoms with Gasteiger partial charge in [0.1, 0.15) is 0 Å². The van der Waals surface area contributed by atoms with E-state index in [1.807, 2.05) is 6.07 Å². The molecule has 0 spiro atoms. The van der Waals surface area contributed by atoms with E-state index in [2.05, 4.69) is 17.0 Å². The fourth-order valence-electron chi connectivity index (χ4n) is 3.01. The van der Waals surface area contributed by atoms with Gasteiger partial charge in [0.25, 0.3) is 0 Å². The maximum atomic E-state index is 9.05. The van der Waals surface area contributed by atoms with Crippen molar-refractivity contribution in [3.8, 4) is 11.5 Å². The molecular weight excluding hydrogens is 242 g/mol. The molecule has 0 radical (unpaired) electrons.